The molecule has 26 heavy (non-hydrogen) atoms. The first-order chi connectivity index (χ1) is 12.6. The molecule has 0 spiro atoms. The van der Waals surface area contributed by atoms with Gasteiger partial charge >= 0.3 is 0 Å². The number of benzene rings is 1. The number of amides is 1. The van der Waals surface area contributed by atoms with Gasteiger partial charge in [0.2, 0.25) is 0 Å². The minimum atomic E-state index is -0.131. The highest BCUT2D eigenvalue weighted by molar-refractivity contribution is 5.94. The van der Waals surface area contributed by atoms with Crippen LogP contribution in [0.3, 0.4) is 0 Å². The van der Waals surface area contributed by atoms with Crippen molar-refractivity contribution in [3.8, 4) is 11.5 Å². The van der Waals surface area contributed by atoms with Crippen molar-refractivity contribution in [3.05, 3.63) is 47.7 Å². The summed E-state index contributed by atoms with van der Waals surface area (Å²) in [6.07, 6.45) is 3.31. The third kappa shape index (κ3) is 5.37. The van der Waals surface area contributed by atoms with Crippen LogP contribution in [-0.2, 0) is 6.42 Å². The monoisotopic (exact) mass is 357 g/mol. The summed E-state index contributed by atoms with van der Waals surface area (Å²) in [5, 5.41) is 6.19. The molecule has 0 fully saturated rings. The SMILES string of the molecule is CCC(C)Nc1ccc(C(=O)NCCc2ccc(OC)c(OC)c2)cn1. The van der Waals surface area contributed by atoms with Gasteiger partial charge in [-0.15, -0.1) is 0 Å². The van der Waals surface area contributed by atoms with Gasteiger partial charge in [0.15, 0.2) is 11.5 Å². The lowest BCUT2D eigenvalue weighted by Gasteiger charge is -2.12. The molecule has 140 valence electrons. The standard InChI is InChI=1S/C20H27N3O3/c1-5-14(2)23-19-9-7-16(13-22-19)20(24)21-11-10-15-6-8-17(25-3)18(12-15)26-4/h6-9,12-14H,5,10-11H2,1-4H3,(H,21,24)(H,22,23). The van der Waals surface area contributed by atoms with Crippen molar-refractivity contribution in [1.82, 2.24) is 10.3 Å². The molecule has 1 aromatic carbocycles. The van der Waals surface area contributed by atoms with E-state index in [1.165, 1.54) is 0 Å². The molecule has 0 aliphatic rings. The first kappa shape index (κ1) is 19.6. The summed E-state index contributed by atoms with van der Waals surface area (Å²) < 4.78 is 10.5. The van der Waals surface area contributed by atoms with Crippen LogP contribution in [0, 0.1) is 0 Å². The van der Waals surface area contributed by atoms with E-state index in [1.54, 1.807) is 26.5 Å². The molecule has 2 aromatic rings. The van der Waals surface area contributed by atoms with Crippen molar-refractivity contribution in [2.24, 2.45) is 0 Å². The van der Waals surface area contributed by atoms with Crippen molar-refractivity contribution in [2.75, 3.05) is 26.1 Å². The molecule has 0 aliphatic heterocycles. The number of carbonyl (C=O) groups excluding carboxylic acids is 1. The molecule has 1 unspecified atom stereocenters. The maximum absolute atomic E-state index is 12.2. The summed E-state index contributed by atoms with van der Waals surface area (Å²) in [4.78, 5) is 16.5. The highest BCUT2D eigenvalue weighted by Crippen LogP contribution is 2.27. The second kappa shape index (κ2) is 9.65. The molecule has 1 heterocycles. The van der Waals surface area contributed by atoms with Gasteiger partial charge in [0.1, 0.15) is 5.82 Å². The van der Waals surface area contributed by atoms with Crippen molar-refractivity contribution < 1.29 is 14.3 Å². The molecule has 6 nitrogen and oxygen atoms in total. The molecule has 1 amide bonds. The number of anilines is 1. The molecule has 0 radical (unpaired) electrons. The highest BCUT2D eigenvalue weighted by atomic mass is 16.5. The number of nitrogens with one attached hydrogen (secondary N) is 2. The number of rotatable bonds is 9. The van der Waals surface area contributed by atoms with Gasteiger partial charge < -0.3 is 20.1 Å². The van der Waals surface area contributed by atoms with Crippen molar-refractivity contribution in [2.45, 2.75) is 32.7 Å². The van der Waals surface area contributed by atoms with Crippen LogP contribution in [0.25, 0.3) is 0 Å². The van der Waals surface area contributed by atoms with E-state index in [0.717, 1.165) is 17.8 Å². The van der Waals surface area contributed by atoms with E-state index >= 15 is 0 Å². The zero-order chi connectivity index (χ0) is 18.9. The van der Waals surface area contributed by atoms with Crippen LogP contribution in [-0.4, -0.2) is 37.7 Å². The van der Waals surface area contributed by atoms with Crippen molar-refractivity contribution in [3.63, 3.8) is 0 Å². The van der Waals surface area contributed by atoms with Crippen LogP contribution in [0.1, 0.15) is 36.2 Å². The minimum Gasteiger partial charge on any atom is -0.493 e. The Kier molecular flexibility index (Phi) is 7.26. The molecule has 0 saturated heterocycles. The Morgan fingerprint density at radius 1 is 1.15 bits per heavy atom. The summed E-state index contributed by atoms with van der Waals surface area (Å²) in [5.41, 5.74) is 1.61. The van der Waals surface area contributed by atoms with Crippen LogP contribution in [0.5, 0.6) is 11.5 Å². The lowest BCUT2D eigenvalue weighted by atomic mass is 10.1. The van der Waals surface area contributed by atoms with Crippen LogP contribution in [0.15, 0.2) is 36.5 Å². The fourth-order valence-corrected chi connectivity index (χ4v) is 2.43. The van der Waals surface area contributed by atoms with Crippen molar-refractivity contribution >= 4 is 11.7 Å². The lowest BCUT2D eigenvalue weighted by molar-refractivity contribution is 0.0954. The van der Waals surface area contributed by atoms with E-state index in [9.17, 15) is 4.79 Å². The number of hydrogen-bond acceptors (Lipinski definition) is 5. The zero-order valence-corrected chi connectivity index (χ0v) is 15.8. The Morgan fingerprint density at radius 2 is 1.92 bits per heavy atom. The molecular formula is C20H27N3O3. The highest BCUT2D eigenvalue weighted by Gasteiger charge is 2.08. The summed E-state index contributed by atoms with van der Waals surface area (Å²) in [6, 6.07) is 9.71. The van der Waals surface area contributed by atoms with Gasteiger partial charge in [-0.3, -0.25) is 4.79 Å². The van der Waals surface area contributed by atoms with Gasteiger partial charge in [0.25, 0.3) is 5.91 Å². The molecule has 0 saturated carbocycles. The topological polar surface area (TPSA) is 72.5 Å². The largest absolute Gasteiger partial charge is 0.493 e. The average Bonchev–Trinajstić information content (AvgIpc) is 2.68. The normalized spacial score (nSPS) is 11.5. The van der Waals surface area contributed by atoms with E-state index in [2.05, 4.69) is 29.5 Å². The first-order valence-electron chi connectivity index (χ1n) is 8.79. The Bertz CT molecular complexity index is 717. The van der Waals surface area contributed by atoms with Crippen LogP contribution in [0.2, 0.25) is 0 Å². The van der Waals surface area contributed by atoms with Crippen LogP contribution >= 0.6 is 0 Å². The Labute approximate surface area is 154 Å². The maximum atomic E-state index is 12.2. The predicted molar refractivity (Wildman–Crippen MR) is 103 cm³/mol. The summed E-state index contributed by atoms with van der Waals surface area (Å²) in [6.45, 7) is 4.73. The Hall–Kier alpha value is -2.76. The fraction of sp³-hybridized carbons (Fsp3) is 0.400. The van der Waals surface area contributed by atoms with Gasteiger partial charge in [-0.25, -0.2) is 4.98 Å². The van der Waals surface area contributed by atoms with E-state index in [0.29, 0.717) is 36.1 Å². The van der Waals surface area contributed by atoms with Gasteiger partial charge in [-0.2, -0.15) is 0 Å². The molecule has 2 N–H and O–H groups in total. The number of carbonyl (C=O) groups is 1. The summed E-state index contributed by atoms with van der Waals surface area (Å²) >= 11 is 0. The smallest absolute Gasteiger partial charge is 0.252 e. The van der Waals surface area contributed by atoms with Crippen molar-refractivity contribution in [1.29, 1.82) is 0 Å². The van der Waals surface area contributed by atoms with E-state index in [-0.39, 0.29) is 5.91 Å². The average molecular weight is 357 g/mol. The predicted octanol–water partition coefficient (Wildman–Crippen LogP) is 3.28. The van der Waals surface area contributed by atoms with Gasteiger partial charge in [0, 0.05) is 18.8 Å². The maximum Gasteiger partial charge on any atom is 0.252 e. The number of aromatic nitrogens is 1. The molecular weight excluding hydrogens is 330 g/mol. The van der Waals surface area contributed by atoms with Gasteiger partial charge in [-0.1, -0.05) is 13.0 Å². The van der Waals surface area contributed by atoms with Gasteiger partial charge in [-0.05, 0) is 49.6 Å². The number of ether oxygens (including phenoxy) is 2. The quantitative estimate of drug-likeness (QED) is 0.720. The molecule has 1 atom stereocenters. The Morgan fingerprint density at radius 3 is 2.54 bits per heavy atom. The summed E-state index contributed by atoms with van der Waals surface area (Å²) in [7, 11) is 3.21. The Balaban J connectivity index is 1.87. The molecule has 1 aromatic heterocycles. The zero-order valence-electron chi connectivity index (χ0n) is 15.8. The fourth-order valence-electron chi connectivity index (χ4n) is 2.43. The number of pyridine rings is 1. The lowest BCUT2D eigenvalue weighted by Crippen LogP contribution is -2.26. The minimum absolute atomic E-state index is 0.131. The second-order valence-electron chi connectivity index (χ2n) is 6.08. The second-order valence-corrected chi connectivity index (χ2v) is 6.08. The number of hydrogen-bond donors (Lipinski definition) is 2. The molecule has 0 bridgehead atoms. The number of methoxy groups -OCH3 is 2. The molecule has 6 heteroatoms. The third-order valence-electron chi connectivity index (χ3n) is 4.18. The van der Waals surface area contributed by atoms with Crippen LogP contribution in [0.4, 0.5) is 5.82 Å². The molecule has 2 rings (SSSR count). The summed E-state index contributed by atoms with van der Waals surface area (Å²) in [5.74, 6) is 2.02. The number of nitrogens with zero attached hydrogens (tertiary/aromatic N) is 1. The van der Waals surface area contributed by atoms with Crippen LogP contribution < -0.4 is 20.1 Å². The third-order valence-corrected chi connectivity index (χ3v) is 4.18. The van der Waals surface area contributed by atoms with Gasteiger partial charge in [0.05, 0.1) is 19.8 Å². The van der Waals surface area contributed by atoms with E-state index < -0.39 is 0 Å². The molecule has 0 aliphatic carbocycles. The van der Waals surface area contributed by atoms with E-state index in [1.807, 2.05) is 24.3 Å². The first-order valence-corrected chi connectivity index (χ1v) is 8.79. The van der Waals surface area contributed by atoms with E-state index in [4.69, 9.17) is 9.47 Å².